The number of benzene rings is 1. The van der Waals surface area contributed by atoms with E-state index in [1.807, 2.05) is 0 Å². The fourth-order valence-corrected chi connectivity index (χ4v) is 3.46. The first-order valence-corrected chi connectivity index (χ1v) is 6.83. The first-order valence-electron chi connectivity index (χ1n) is 6.83. The fraction of sp³-hybridized carbons (Fsp3) is 0.571. The summed E-state index contributed by atoms with van der Waals surface area (Å²) in [6.07, 6.45) is 4.97. The number of aryl methyl sites for hydroxylation is 1. The molecule has 0 spiro atoms. The molecule has 2 nitrogen and oxygen atoms in total. The smallest absolute Gasteiger partial charge is 0.217 e. The molecule has 0 fully saturated rings. The minimum atomic E-state index is 1.14. The molecule has 1 N–H and O–H groups in total. The topological polar surface area (TPSA) is 15.3 Å². The van der Waals surface area contributed by atoms with E-state index in [4.69, 9.17) is 0 Å². The van der Waals surface area contributed by atoms with Gasteiger partial charge in [-0.3, -0.25) is 0 Å². The Morgan fingerprint density at radius 2 is 2.00 bits per heavy atom. The third-order valence-electron chi connectivity index (χ3n) is 4.29. The molecule has 0 saturated heterocycles. The molecule has 0 aromatic heterocycles. The van der Waals surface area contributed by atoms with E-state index in [1.54, 1.807) is 22.3 Å². The van der Waals surface area contributed by atoms with Crippen LogP contribution in [0.4, 0.5) is 5.69 Å². The van der Waals surface area contributed by atoms with E-state index in [0.29, 0.717) is 0 Å². The van der Waals surface area contributed by atoms with Crippen LogP contribution in [0.15, 0.2) is 6.07 Å². The standard InChI is InChI=1S/C14H21BN2/c1-10-13-5-7-16-6-4-11(13)9-12-3-2-8-17(15)14(10)12/h9,16H,2-8,15H2,1H3. The summed E-state index contributed by atoms with van der Waals surface area (Å²) in [6, 6.07) is 2.49. The van der Waals surface area contributed by atoms with Gasteiger partial charge in [0.15, 0.2) is 0 Å². The predicted molar refractivity (Wildman–Crippen MR) is 75.7 cm³/mol. The van der Waals surface area contributed by atoms with Crippen molar-refractivity contribution in [2.45, 2.75) is 32.6 Å². The molecule has 0 atom stereocenters. The van der Waals surface area contributed by atoms with Crippen molar-refractivity contribution in [3.05, 3.63) is 28.3 Å². The molecule has 0 aliphatic carbocycles. The van der Waals surface area contributed by atoms with Gasteiger partial charge in [-0.2, -0.15) is 0 Å². The predicted octanol–water partition coefficient (Wildman–Crippen LogP) is 0.984. The Bertz CT molecular complexity index is 442. The number of nitrogens with one attached hydrogen (secondary N) is 1. The van der Waals surface area contributed by atoms with Crippen molar-refractivity contribution in [3.8, 4) is 0 Å². The van der Waals surface area contributed by atoms with Gasteiger partial charge >= 0.3 is 0 Å². The number of nitrogens with zero attached hydrogens (tertiary/aromatic N) is 1. The van der Waals surface area contributed by atoms with Gasteiger partial charge in [0.2, 0.25) is 7.98 Å². The van der Waals surface area contributed by atoms with Gasteiger partial charge in [-0.15, -0.1) is 0 Å². The van der Waals surface area contributed by atoms with Gasteiger partial charge in [-0.1, -0.05) is 6.07 Å². The molecule has 0 radical (unpaired) electrons. The van der Waals surface area contributed by atoms with Crippen LogP contribution < -0.4 is 10.1 Å². The second kappa shape index (κ2) is 4.38. The van der Waals surface area contributed by atoms with Crippen LogP contribution in [0.3, 0.4) is 0 Å². The number of hydrogen-bond acceptors (Lipinski definition) is 2. The molecular weight excluding hydrogens is 207 g/mol. The lowest BCUT2D eigenvalue weighted by Gasteiger charge is -2.32. The lowest BCUT2D eigenvalue weighted by atomic mass is 9.88. The van der Waals surface area contributed by atoms with E-state index in [-0.39, 0.29) is 0 Å². The van der Waals surface area contributed by atoms with Crippen LogP contribution in [0.5, 0.6) is 0 Å². The Hall–Kier alpha value is -0.955. The van der Waals surface area contributed by atoms with Crippen molar-refractivity contribution in [2.75, 3.05) is 24.4 Å². The van der Waals surface area contributed by atoms with Crippen LogP contribution in [0.1, 0.15) is 28.7 Å². The molecule has 0 saturated carbocycles. The summed E-state index contributed by atoms with van der Waals surface area (Å²) in [5, 5.41) is 3.51. The van der Waals surface area contributed by atoms with Gasteiger partial charge in [0.1, 0.15) is 0 Å². The SMILES string of the molecule is BN1CCCc2cc3c(c(C)c21)CCNCC3. The highest BCUT2D eigenvalue weighted by atomic mass is 15.0. The fourth-order valence-electron chi connectivity index (χ4n) is 3.46. The lowest BCUT2D eigenvalue weighted by molar-refractivity contribution is 0.710. The summed E-state index contributed by atoms with van der Waals surface area (Å²) >= 11 is 0. The van der Waals surface area contributed by atoms with E-state index in [0.717, 1.165) is 13.1 Å². The lowest BCUT2D eigenvalue weighted by Crippen LogP contribution is -2.28. The summed E-state index contributed by atoms with van der Waals surface area (Å²) in [5.41, 5.74) is 7.86. The van der Waals surface area contributed by atoms with Crippen molar-refractivity contribution in [1.82, 2.24) is 5.32 Å². The van der Waals surface area contributed by atoms with Gasteiger partial charge in [0.05, 0.1) is 0 Å². The highest BCUT2D eigenvalue weighted by Crippen LogP contribution is 2.34. The number of fused-ring (bicyclic) bond motifs is 2. The van der Waals surface area contributed by atoms with Crippen molar-refractivity contribution in [2.24, 2.45) is 0 Å². The van der Waals surface area contributed by atoms with Gasteiger partial charge in [0, 0.05) is 12.2 Å². The average molecular weight is 228 g/mol. The molecule has 1 aromatic rings. The van der Waals surface area contributed by atoms with Gasteiger partial charge < -0.3 is 10.1 Å². The molecular formula is C14H21BN2. The van der Waals surface area contributed by atoms with Crippen LogP contribution in [0.25, 0.3) is 0 Å². The summed E-state index contributed by atoms with van der Waals surface area (Å²) in [7, 11) is 2.24. The Morgan fingerprint density at radius 1 is 1.18 bits per heavy atom. The molecule has 0 bridgehead atoms. The summed E-state index contributed by atoms with van der Waals surface area (Å²) < 4.78 is 0. The Morgan fingerprint density at radius 3 is 2.88 bits per heavy atom. The maximum absolute atomic E-state index is 3.51. The number of hydrogen-bond donors (Lipinski definition) is 1. The van der Waals surface area contributed by atoms with E-state index in [1.165, 1.54) is 37.9 Å². The molecule has 1 aromatic carbocycles. The zero-order valence-corrected chi connectivity index (χ0v) is 11.0. The average Bonchev–Trinajstić information content (AvgIpc) is 2.54. The van der Waals surface area contributed by atoms with Gasteiger partial charge in [-0.05, 0) is 68.0 Å². The molecule has 17 heavy (non-hydrogen) atoms. The van der Waals surface area contributed by atoms with Crippen LogP contribution in [-0.2, 0) is 19.3 Å². The molecule has 0 unspecified atom stereocenters. The molecule has 2 aliphatic heterocycles. The molecule has 0 amide bonds. The summed E-state index contributed by atoms with van der Waals surface area (Å²) in [5.74, 6) is 0. The maximum atomic E-state index is 3.51. The second-order valence-corrected chi connectivity index (χ2v) is 5.42. The molecule has 3 heteroatoms. The monoisotopic (exact) mass is 228 g/mol. The van der Waals surface area contributed by atoms with E-state index in [2.05, 4.69) is 31.1 Å². The first-order chi connectivity index (χ1) is 8.27. The molecule has 3 rings (SSSR count). The summed E-state index contributed by atoms with van der Waals surface area (Å²) in [6.45, 7) is 5.81. The molecule has 90 valence electrons. The molecule has 2 heterocycles. The Balaban J connectivity index is 2.14. The van der Waals surface area contributed by atoms with Crippen LogP contribution in [-0.4, -0.2) is 27.6 Å². The van der Waals surface area contributed by atoms with Crippen molar-refractivity contribution < 1.29 is 0 Å². The van der Waals surface area contributed by atoms with Gasteiger partial charge in [-0.25, -0.2) is 0 Å². The number of rotatable bonds is 0. The quantitative estimate of drug-likeness (QED) is 0.666. The summed E-state index contributed by atoms with van der Waals surface area (Å²) in [4.78, 5) is 2.45. The van der Waals surface area contributed by atoms with Gasteiger partial charge in [0.25, 0.3) is 0 Å². The van der Waals surface area contributed by atoms with Crippen LogP contribution in [0, 0.1) is 6.92 Å². The zero-order chi connectivity index (χ0) is 11.8. The van der Waals surface area contributed by atoms with E-state index >= 15 is 0 Å². The minimum Gasteiger partial charge on any atom is -0.421 e. The second-order valence-electron chi connectivity index (χ2n) is 5.42. The van der Waals surface area contributed by atoms with E-state index < -0.39 is 0 Å². The van der Waals surface area contributed by atoms with Crippen molar-refractivity contribution >= 4 is 13.7 Å². The zero-order valence-electron chi connectivity index (χ0n) is 11.0. The Labute approximate surface area is 105 Å². The highest BCUT2D eigenvalue weighted by Gasteiger charge is 2.21. The maximum Gasteiger partial charge on any atom is 0.217 e. The normalized spacial score (nSPS) is 19.5. The molecule has 2 aliphatic rings. The van der Waals surface area contributed by atoms with Crippen molar-refractivity contribution in [1.29, 1.82) is 0 Å². The minimum absolute atomic E-state index is 1.14. The van der Waals surface area contributed by atoms with Crippen LogP contribution >= 0.6 is 0 Å². The van der Waals surface area contributed by atoms with Crippen LogP contribution in [0.2, 0.25) is 0 Å². The van der Waals surface area contributed by atoms with Crippen molar-refractivity contribution in [3.63, 3.8) is 0 Å². The van der Waals surface area contributed by atoms with E-state index in [9.17, 15) is 0 Å². The number of anilines is 1. The first kappa shape index (κ1) is 11.2. The highest BCUT2D eigenvalue weighted by molar-refractivity contribution is 6.18. The Kier molecular flexibility index (Phi) is 2.87. The largest absolute Gasteiger partial charge is 0.421 e. The third-order valence-corrected chi connectivity index (χ3v) is 4.29. The third kappa shape index (κ3) is 1.87.